The molecule has 0 heterocycles. The van der Waals surface area contributed by atoms with Gasteiger partial charge < -0.3 is 5.32 Å². The first-order chi connectivity index (χ1) is 3.27. The van der Waals surface area contributed by atoms with E-state index in [0.717, 1.165) is 5.57 Å². The molecule has 0 saturated heterocycles. The monoisotopic (exact) mass is 96.1 g/mol. The van der Waals surface area contributed by atoms with Gasteiger partial charge in [-0.3, -0.25) is 0 Å². The first-order valence-electron chi connectivity index (χ1n) is 2.19. The lowest BCUT2D eigenvalue weighted by molar-refractivity contribution is 1.24. The first-order valence-corrected chi connectivity index (χ1v) is 2.19. The summed E-state index contributed by atoms with van der Waals surface area (Å²) >= 11 is 0. The molecule has 0 N–H and O–H groups in total. The van der Waals surface area contributed by atoms with E-state index in [2.05, 4.69) is 25.7 Å². The zero-order valence-corrected chi connectivity index (χ0v) is 4.48. The Hall–Kier alpha value is -0.430. The molecule has 0 spiro atoms. The van der Waals surface area contributed by atoms with Crippen molar-refractivity contribution in [1.82, 2.24) is 0 Å². The Morgan fingerprint density at radius 3 is 2.43 bits per heavy atom. The molecular formula is C6H10N. The maximum Gasteiger partial charge on any atom is 0.0407 e. The third-order valence-electron chi connectivity index (χ3n) is 0.494. The Morgan fingerprint density at radius 2 is 2.29 bits per heavy atom. The van der Waals surface area contributed by atoms with Crippen LogP contribution in [-0.2, 0) is 0 Å². The average molecular weight is 96.2 g/mol. The minimum absolute atomic E-state index is 0.620. The fourth-order valence-corrected chi connectivity index (χ4v) is 0.237. The van der Waals surface area contributed by atoms with Gasteiger partial charge in [-0.2, -0.15) is 0 Å². The van der Waals surface area contributed by atoms with Crippen molar-refractivity contribution in [2.45, 2.75) is 0 Å². The van der Waals surface area contributed by atoms with E-state index in [-0.39, 0.29) is 0 Å². The molecule has 0 amide bonds. The summed E-state index contributed by atoms with van der Waals surface area (Å²) in [6, 6.07) is 0. The highest BCUT2D eigenvalue weighted by Gasteiger charge is 1.69. The fourth-order valence-electron chi connectivity index (χ4n) is 0.237. The van der Waals surface area contributed by atoms with Crippen molar-refractivity contribution in [2.24, 2.45) is 0 Å². The minimum atomic E-state index is 0.620. The Bertz CT molecular complexity index is 57.2. The van der Waals surface area contributed by atoms with Gasteiger partial charge in [0.2, 0.25) is 0 Å². The van der Waals surface area contributed by atoms with Gasteiger partial charge >= 0.3 is 0 Å². The zero-order valence-electron chi connectivity index (χ0n) is 4.48. The number of rotatable bonds is 3. The van der Waals surface area contributed by atoms with Crippen molar-refractivity contribution in [2.75, 3.05) is 13.1 Å². The fraction of sp³-hybridized carbons (Fsp3) is 0.333. The van der Waals surface area contributed by atoms with Gasteiger partial charge in [-0.1, -0.05) is 5.57 Å². The molecule has 39 valence electrons. The summed E-state index contributed by atoms with van der Waals surface area (Å²) in [5.41, 5.74) is 0.851. The Balaban J connectivity index is 2.82. The van der Waals surface area contributed by atoms with E-state index in [0.29, 0.717) is 13.1 Å². The molecule has 0 aromatic rings. The normalized spacial score (nSPS) is 8.71. The van der Waals surface area contributed by atoms with Crippen LogP contribution >= 0.6 is 0 Å². The van der Waals surface area contributed by atoms with Crippen molar-refractivity contribution in [3.8, 4) is 0 Å². The third-order valence-corrected chi connectivity index (χ3v) is 0.494. The SMILES string of the molecule is [CH2]C(=C)C[N-]C[CH2+]. The lowest BCUT2D eigenvalue weighted by atomic mass is 10.3. The molecule has 1 nitrogen and oxygen atoms in total. The molecule has 0 atom stereocenters. The third kappa shape index (κ3) is 5.57. The predicted octanol–water partition coefficient (Wildman–Crippen LogP) is 1.58. The summed E-state index contributed by atoms with van der Waals surface area (Å²) in [5, 5.41) is 3.90. The smallest absolute Gasteiger partial charge is 0.0407 e. The molecule has 0 unspecified atom stereocenters. The Morgan fingerprint density at radius 1 is 1.71 bits per heavy atom. The van der Waals surface area contributed by atoms with Crippen LogP contribution in [0.15, 0.2) is 12.2 Å². The largest absolute Gasteiger partial charge is 0.619 e. The van der Waals surface area contributed by atoms with Crippen LogP contribution in [0.25, 0.3) is 5.32 Å². The second kappa shape index (κ2) is 3.75. The van der Waals surface area contributed by atoms with Crippen LogP contribution in [0.1, 0.15) is 0 Å². The highest BCUT2D eigenvalue weighted by atomic mass is 14.8. The van der Waals surface area contributed by atoms with Gasteiger partial charge in [0.05, 0.1) is 0 Å². The van der Waals surface area contributed by atoms with E-state index in [1.54, 1.807) is 0 Å². The van der Waals surface area contributed by atoms with E-state index in [9.17, 15) is 0 Å². The van der Waals surface area contributed by atoms with Gasteiger partial charge in [0.1, 0.15) is 0 Å². The molecule has 1 heteroatoms. The number of hydrogen-bond donors (Lipinski definition) is 0. The van der Waals surface area contributed by atoms with Gasteiger partial charge in [-0.05, 0) is 6.92 Å². The standard InChI is InChI=1S/C6H10N/c1-4-7-5-6(2)3/h1-5H2. The highest BCUT2D eigenvalue weighted by molar-refractivity contribution is 5.07. The van der Waals surface area contributed by atoms with Crippen LogP contribution in [0.3, 0.4) is 0 Å². The van der Waals surface area contributed by atoms with Crippen LogP contribution < -0.4 is 0 Å². The van der Waals surface area contributed by atoms with Gasteiger partial charge in [-0.25, -0.2) is 0 Å². The second-order valence-electron chi connectivity index (χ2n) is 1.36. The molecule has 0 aliphatic heterocycles. The van der Waals surface area contributed by atoms with Crippen molar-refractivity contribution >= 4 is 0 Å². The molecule has 0 aromatic heterocycles. The maximum atomic E-state index is 3.90. The van der Waals surface area contributed by atoms with E-state index in [4.69, 9.17) is 0 Å². The summed E-state index contributed by atoms with van der Waals surface area (Å²) in [4.78, 5) is 0. The van der Waals surface area contributed by atoms with Crippen molar-refractivity contribution < 1.29 is 0 Å². The van der Waals surface area contributed by atoms with Gasteiger partial charge in [-0.15, -0.1) is 13.1 Å². The molecule has 7 heavy (non-hydrogen) atoms. The Kier molecular flexibility index (Phi) is 3.52. The molecule has 0 aromatic carbocycles. The quantitative estimate of drug-likeness (QED) is 0.474. The van der Waals surface area contributed by atoms with E-state index in [1.165, 1.54) is 0 Å². The van der Waals surface area contributed by atoms with Crippen LogP contribution in [0, 0.1) is 13.8 Å². The lowest BCUT2D eigenvalue weighted by Crippen LogP contribution is -1.84. The number of hydrogen-bond acceptors (Lipinski definition) is 0. The van der Waals surface area contributed by atoms with Gasteiger partial charge in [0.25, 0.3) is 0 Å². The zero-order chi connectivity index (χ0) is 5.70. The summed E-state index contributed by atoms with van der Waals surface area (Å²) in [7, 11) is 0. The molecule has 1 radical (unpaired) electrons. The molecule has 0 rings (SSSR count). The summed E-state index contributed by atoms with van der Waals surface area (Å²) < 4.78 is 0. The molecular weight excluding hydrogens is 86.1 g/mol. The summed E-state index contributed by atoms with van der Waals surface area (Å²) in [6.45, 7) is 11.9. The predicted molar refractivity (Wildman–Crippen MR) is 32.9 cm³/mol. The summed E-state index contributed by atoms with van der Waals surface area (Å²) in [6.07, 6.45) is 0. The minimum Gasteiger partial charge on any atom is -0.619 e. The molecule has 0 aliphatic carbocycles. The van der Waals surface area contributed by atoms with E-state index >= 15 is 0 Å². The molecule has 0 aliphatic rings. The van der Waals surface area contributed by atoms with Crippen molar-refractivity contribution in [3.05, 3.63) is 31.3 Å². The molecule has 0 saturated carbocycles. The lowest BCUT2D eigenvalue weighted by Gasteiger charge is -2.09. The van der Waals surface area contributed by atoms with Crippen LogP contribution in [-0.4, -0.2) is 13.1 Å². The van der Waals surface area contributed by atoms with Gasteiger partial charge in [0, 0.05) is 13.5 Å². The highest BCUT2D eigenvalue weighted by Crippen LogP contribution is 1.91. The van der Waals surface area contributed by atoms with Crippen LogP contribution in [0.4, 0.5) is 0 Å². The average Bonchev–Trinajstić information content (AvgIpc) is 1.61. The van der Waals surface area contributed by atoms with Gasteiger partial charge in [0.15, 0.2) is 0 Å². The topological polar surface area (TPSA) is 14.1 Å². The Labute approximate surface area is 45.4 Å². The van der Waals surface area contributed by atoms with Crippen molar-refractivity contribution in [3.63, 3.8) is 0 Å². The number of nitrogens with zero attached hydrogens (tertiary/aromatic N) is 1. The molecule has 0 fully saturated rings. The van der Waals surface area contributed by atoms with Crippen molar-refractivity contribution in [1.29, 1.82) is 0 Å². The van der Waals surface area contributed by atoms with E-state index < -0.39 is 0 Å². The first kappa shape index (κ1) is 6.57. The second-order valence-corrected chi connectivity index (χ2v) is 1.36. The summed E-state index contributed by atoms with van der Waals surface area (Å²) in [5.74, 6) is 0. The van der Waals surface area contributed by atoms with Crippen LogP contribution in [0.5, 0.6) is 0 Å². The van der Waals surface area contributed by atoms with E-state index in [1.807, 2.05) is 0 Å². The molecule has 0 bridgehead atoms. The maximum absolute atomic E-state index is 3.90. The van der Waals surface area contributed by atoms with Crippen LogP contribution in [0.2, 0.25) is 0 Å².